The third-order valence-corrected chi connectivity index (χ3v) is 4.46. The van der Waals surface area contributed by atoms with E-state index in [1.54, 1.807) is 11.1 Å². The predicted octanol–water partition coefficient (Wildman–Crippen LogP) is 2.95. The third-order valence-electron chi connectivity index (χ3n) is 4.46. The van der Waals surface area contributed by atoms with Gasteiger partial charge in [-0.25, -0.2) is 0 Å². The molecule has 7 heteroatoms. The van der Waals surface area contributed by atoms with Crippen molar-refractivity contribution in [2.24, 2.45) is 0 Å². The van der Waals surface area contributed by atoms with E-state index in [4.69, 9.17) is 9.15 Å². The van der Waals surface area contributed by atoms with Gasteiger partial charge in [0, 0.05) is 24.0 Å². The molecule has 0 aliphatic carbocycles. The quantitative estimate of drug-likeness (QED) is 0.721. The molecule has 0 N–H and O–H groups in total. The number of aromatic nitrogens is 3. The summed E-state index contributed by atoms with van der Waals surface area (Å²) in [5, 5.41) is 9.97. The number of carbonyl (C=O) groups is 1. The lowest BCUT2D eigenvalue weighted by atomic mass is 10.1. The van der Waals surface area contributed by atoms with Gasteiger partial charge in [-0.15, -0.1) is 10.2 Å². The summed E-state index contributed by atoms with van der Waals surface area (Å²) in [4.78, 5) is 19.1. The second-order valence-electron chi connectivity index (χ2n) is 6.62. The van der Waals surface area contributed by atoms with Crippen LogP contribution >= 0.6 is 0 Å². The highest BCUT2D eigenvalue weighted by Gasteiger charge is 2.31. The standard InChI is InChI=1S/C19H20N4O3/c1-12(2)17-21-22-18(26-17)15-11-23(9-10-25-15)19(24)16-14-6-4-3-5-13(14)7-8-20-16/h3-8,12,15H,9-11H2,1-2H3/t15-/m0/s1. The molecule has 3 aromatic rings. The van der Waals surface area contributed by atoms with Crippen LogP contribution < -0.4 is 0 Å². The van der Waals surface area contributed by atoms with Crippen molar-refractivity contribution in [2.75, 3.05) is 19.7 Å². The Labute approximate surface area is 151 Å². The van der Waals surface area contributed by atoms with Crippen molar-refractivity contribution in [3.05, 3.63) is 54.0 Å². The molecule has 1 amide bonds. The Morgan fingerprint density at radius 1 is 1.23 bits per heavy atom. The summed E-state index contributed by atoms with van der Waals surface area (Å²) < 4.78 is 11.4. The summed E-state index contributed by atoms with van der Waals surface area (Å²) >= 11 is 0. The van der Waals surface area contributed by atoms with E-state index in [9.17, 15) is 4.79 Å². The number of fused-ring (bicyclic) bond motifs is 1. The topological polar surface area (TPSA) is 81.4 Å². The largest absolute Gasteiger partial charge is 0.422 e. The molecule has 1 aliphatic rings. The molecule has 0 saturated carbocycles. The van der Waals surface area contributed by atoms with Gasteiger partial charge in [-0.1, -0.05) is 38.1 Å². The number of hydrogen-bond acceptors (Lipinski definition) is 6. The molecule has 1 fully saturated rings. The van der Waals surface area contributed by atoms with E-state index < -0.39 is 6.10 Å². The number of pyridine rings is 1. The summed E-state index contributed by atoms with van der Waals surface area (Å²) in [6, 6.07) is 9.65. The highest BCUT2D eigenvalue weighted by Crippen LogP contribution is 2.25. The number of amides is 1. The van der Waals surface area contributed by atoms with Crippen LogP contribution in [0.2, 0.25) is 0 Å². The van der Waals surface area contributed by atoms with E-state index in [2.05, 4.69) is 15.2 Å². The fraction of sp³-hybridized carbons (Fsp3) is 0.368. The van der Waals surface area contributed by atoms with Gasteiger partial charge < -0.3 is 14.1 Å². The average Bonchev–Trinajstić information content (AvgIpc) is 3.18. The maximum atomic E-state index is 13.0. The molecule has 4 rings (SSSR count). The first-order chi connectivity index (χ1) is 12.6. The number of hydrogen-bond donors (Lipinski definition) is 0. The second-order valence-corrected chi connectivity index (χ2v) is 6.62. The first kappa shape index (κ1) is 16.7. The van der Waals surface area contributed by atoms with Crippen molar-refractivity contribution in [3.8, 4) is 0 Å². The normalized spacial score (nSPS) is 17.8. The molecule has 3 heterocycles. The van der Waals surface area contributed by atoms with E-state index in [0.717, 1.165) is 10.8 Å². The molecular formula is C19H20N4O3. The van der Waals surface area contributed by atoms with Crippen LogP contribution in [0.4, 0.5) is 0 Å². The van der Waals surface area contributed by atoms with Gasteiger partial charge in [0.25, 0.3) is 5.91 Å². The maximum Gasteiger partial charge on any atom is 0.273 e. The van der Waals surface area contributed by atoms with Gasteiger partial charge >= 0.3 is 0 Å². The molecule has 0 unspecified atom stereocenters. The van der Waals surface area contributed by atoms with Crippen molar-refractivity contribution in [1.29, 1.82) is 0 Å². The molecule has 1 saturated heterocycles. The molecule has 134 valence electrons. The number of benzene rings is 1. The third kappa shape index (κ3) is 3.06. The molecule has 26 heavy (non-hydrogen) atoms. The minimum absolute atomic E-state index is 0.112. The molecule has 1 aromatic carbocycles. The van der Waals surface area contributed by atoms with Crippen LogP contribution in [-0.2, 0) is 4.74 Å². The highest BCUT2D eigenvalue weighted by atomic mass is 16.5. The highest BCUT2D eigenvalue weighted by molar-refractivity contribution is 6.05. The lowest BCUT2D eigenvalue weighted by Gasteiger charge is -2.31. The Morgan fingerprint density at radius 2 is 2.08 bits per heavy atom. The average molecular weight is 352 g/mol. The SMILES string of the molecule is CC(C)c1nnc([C@@H]2CN(C(=O)c3nccc4ccccc34)CCO2)o1. The Hall–Kier alpha value is -2.80. The van der Waals surface area contributed by atoms with Crippen LogP contribution in [-0.4, -0.2) is 45.7 Å². The molecular weight excluding hydrogens is 332 g/mol. The van der Waals surface area contributed by atoms with Crippen LogP contribution in [0.5, 0.6) is 0 Å². The van der Waals surface area contributed by atoms with Crippen molar-refractivity contribution in [3.63, 3.8) is 0 Å². The smallest absolute Gasteiger partial charge is 0.273 e. The zero-order chi connectivity index (χ0) is 18.1. The van der Waals surface area contributed by atoms with Crippen molar-refractivity contribution in [2.45, 2.75) is 25.9 Å². The molecule has 0 spiro atoms. The fourth-order valence-electron chi connectivity index (χ4n) is 3.03. The lowest BCUT2D eigenvalue weighted by molar-refractivity contribution is -0.0352. The van der Waals surface area contributed by atoms with Gasteiger partial charge in [-0.3, -0.25) is 9.78 Å². The first-order valence-corrected chi connectivity index (χ1v) is 8.71. The van der Waals surface area contributed by atoms with Gasteiger partial charge in [-0.05, 0) is 11.5 Å². The van der Waals surface area contributed by atoms with Gasteiger partial charge in [-0.2, -0.15) is 0 Å². The van der Waals surface area contributed by atoms with Crippen LogP contribution in [0.25, 0.3) is 10.8 Å². The molecule has 0 radical (unpaired) electrons. The minimum atomic E-state index is -0.414. The number of nitrogens with zero attached hydrogens (tertiary/aromatic N) is 4. The van der Waals surface area contributed by atoms with E-state index in [1.165, 1.54) is 0 Å². The van der Waals surface area contributed by atoms with Gasteiger partial charge in [0.15, 0.2) is 6.10 Å². The summed E-state index contributed by atoms with van der Waals surface area (Å²) in [5.41, 5.74) is 0.456. The molecule has 2 aromatic heterocycles. The van der Waals surface area contributed by atoms with E-state index in [-0.39, 0.29) is 11.8 Å². The Balaban J connectivity index is 1.58. The summed E-state index contributed by atoms with van der Waals surface area (Å²) in [6.07, 6.45) is 1.25. The summed E-state index contributed by atoms with van der Waals surface area (Å²) in [7, 11) is 0. The lowest BCUT2D eigenvalue weighted by Crippen LogP contribution is -2.42. The number of rotatable bonds is 3. The molecule has 0 bridgehead atoms. The number of ether oxygens (including phenoxy) is 1. The zero-order valence-corrected chi connectivity index (χ0v) is 14.8. The van der Waals surface area contributed by atoms with Gasteiger partial charge in [0.05, 0.1) is 13.2 Å². The predicted molar refractivity (Wildman–Crippen MR) is 94.7 cm³/mol. The monoisotopic (exact) mass is 352 g/mol. The minimum Gasteiger partial charge on any atom is -0.422 e. The van der Waals surface area contributed by atoms with E-state index in [0.29, 0.717) is 37.2 Å². The Morgan fingerprint density at radius 3 is 2.88 bits per heavy atom. The van der Waals surface area contributed by atoms with Crippen molar-refractivity contribution >= 4 is 16.7 Å². The first-order valence-electron chi connectivity index (χ1n) is 8.71. The zero-order valence-electron chi connectivity index (χ0n) is 14.8. The number of carbonyl (C=O) groups excluding carboxylic acids is 1. The van der Waals surface area contributed by atoms with Gasteiger partial charge in [0.1, 0.15) is 5.69 Å². The van der Waals surface area contributed by atoms with Crippen LogP contribution in [0.3, 0.4) is 0 Å². The Bertz CT molecular complexity index is 932. The van der Waals surface area contributed by atoms with E-state index >= 15 is 0 Å². The second kappa shape index (κ2) is 6.84. The van der Waals surface area contributed by atoms with Crippen LogP contribution in [0, 0.1) is 0 Å². The number of morpholine rings is 1. The molecule has 1 aliphatic heterocycles. The van der Waals surface area contributed by atoms with Gasteiger partial charge in [0.2, 0.25) is 11.8 Å². The van der Waals surface area contributed by atoms with E-state index in [1.807, 2.05) is 44.2 Å². The summed E-state index contributed by atoms with van der Waals surface area (Å²) in [6.45, 7) is 5.26. The summed E-state index contributed by atoms with van der Waals surface area (Å²) in [5.74, 6) is 1.02. The molecule has 1 atom stereocenters. The van der Waals surface area contributed by atoms with Crippen LogP contribution in [0.1, 0.15) is 48.1 Å². The fourth-order valence-corrected chi connectivity index (χ4v) is 3.03. The van der Waals surface area contributed by atoms with Crippen molar-refractivity contribution < 1.29 is 13.9 Å². The Kier molecular flexibility index (Phi) is 4.38. The van der Waals surface area contributed by atoms with Crippen molar-refractivity contribution in [1.82, 2.24) is 20.1 Å². The maximum absolute atomic E-state index is 13.0. The van der Waals surface area contributed by atoms with Crippen LogP contribution in [0.15, 0.2) is 40.9 Å². The molecule has 7 nitrogen and oxygen atoms in total.